The predicted molar refractivity (Wildman–Crippen MR) is 88.1 cm³/mol. The molecule has 0 spiro atoms. The first kappa shape index (κ1) is 15.0. The van der Waals surface area contributed by atoms with E-state index in [4.69, 9.17) is 0 Å². The molecular formula is C13H12IN3O2S. The zero-order chi connectivity index (χ0) is 14.5. The fourth-order valence-electron chi connectivity index (χ4n) is 1.52. The quantitative estimate of drug-likeness (QED) is 0.469. The van der Waals surface area contributed by atoms with Crippen molar-refractivity contribution in [3.05, 3.63) is 49.9 Å². The van der Waals surface area contributed by atoms with E-state index in [9.17, 15) is 9.59 Å². The van der Waals surface area contributed by atoms with Crippen molar-refractivity contribution in [1.29, 1.82) is 0 Å². The first-order chi connectivity index (χ1) is 9.52. The number of amides is 1. The van der Waals surface area contributed by atoms with Crippen LogP contribution in [0.4, 0.5) is 5.69 Å². The summed E-state index contributed by atoms with van der Waals surface area (Å²) in [6.45, 7) is 1.74. The van der Waals surface area contributed by atoms with Gasteiger partial charge in [-0.05, 0) is 47.7 Å². The zero-order valence-electron chi connectivity index (χ0n) is 10.6. The summed E-state index contributed by atoms with van der Waals surface area (Å²) in [7, 11) is 0. The third-order valence-electron chi connectivity index (χ3n) is 2.30. The smallest absolute Gasteiger partial charge is 0.251 e. The highest BCUT2D eigenvalue weighted by Gasteiger charge is 2.06. The van der Waals surface area contributed by atoms with Gasteiger partial charge in [-0.3, -0.25) is 9.59 Å². The minimum Gasteiger partial charge on any atom is -0.325 e. The van der Waals surface area contributed by atoms with Crippen LogP contribution in [0.25, 0.3) is 0 Å². The summed E-state index contributed by atoms with van der Waals surface area (Å²) in [5.74, 6) is 0.0545. The number of anilines is 1. The molecule has 0 saturated heterocycles. The normalized spacial score (nSPS) is 10.3. The Morgan fingerprint density at radius 3 is 2.95 bits per heavy atom. The molecule has 20 heavy (non-hydrogen) atoms. The molecule has 2 aromatic rings. The number of halogens is 1. The van der Waals surface area contributed by atoms with Crippen LogP contribution in [0.5, 0.6) is 0 Å². The highest BCUT2D eigenvalue weighted by Crippen LogP contribution is 2.15. The van der Waals surface area contributed by atoms with E-state index in [2.05, 4.69) is 37.9 Å². The lowest BCUT2D eigenvalue weighted by atomic mass is 10.3. The van der Waals surface area contributed by atoms with E-state index in [-0.39, 0.29) is 17.2 Å². The van der Waals surface area contributed by atoms with Gasteiger partial charge >= 0.3 is 0 Å². The number of carbonyl (C=O) groups is 1. The van der Waals surface area contributed by atoms with Crippen LogP contribution in [-0.4, -0.2) is 21.6 Å². The number of nitrogens with one attached hydrogen (secondary N) is 2. The van der Waals surface area contributed by atoms with Crippen LogP contribution in [0.3, 0.4) is 0 Å². The second-order valence-corrected chi connectivity index (χ2v) is 6.25. The standard InChI is InChI=1S/C13H12IN3O2S/c1-8-5-11(18)17-13(15-8)20-7-12(19)16-10-4-2-3-9(14)6-10/h2-6H,7H2,1H3,(H,16,19)(H,15,17,18). The molecule has 2 rings (SSSR count). The Balaban J connectivity index is 1.93. The number of thioether (sulfide) groups is 1. The lowest BCUT2D eigenvalue weighted by Gasteiger charge is -2.05. The molecule has 7 heteroatoms. The minimum atomic E-state index is -0.210. The largest absolute Gasteiger partial charge is 0.325 e. The third kappa shape index (κ3) is 4.64. The van der Waals surface area contributed by atoms with Gasteiger partial charge in [0.15, 0.2) is 5.16 Å². The average molecular weight is 401 g/mol. The highest BCUT2D eigenvalue weighted by atomic mass is 127. The van der Waals surface area contributed by atoms with Crippen LogP contribution in [0.2, 0.25) is 0 Å². The Hall–Kier alpha value is -1.35. The van der Waals surface area contributed by atoms with E-state index in [0.717, 1.165) is 9.26 Å². The monoisotopic (exact) mass is 401 g/mol. The van der Waals surface area contributed by atoms with Crippen LogP contribution in [0.1, 0.15) is 5.69 Å². The predicted octanol–water partition coefficient (Wildman–Crippen LogP) is 2.41. The highest BCUT2D eigenvalue weighted by molar-refractivity contribution is 14.1. The van der Waals surface area contributed by atoms with Crippen LogP contribution < -0.4 is 10.9 Å². The number of aromatic amines is 1. The van der Waals surface area contributed by atoms with Crippen molar-refractivity contribution in [2.75, 3.05) is 11.1 Å². The van der Waals surface area contributed by atoms with Gasteiger partial charge in [0, 0.05) is 21.0 Å². The Morgan fingerprint density at radius 2 is 2.25 bits per heavy atom. The molecule has 0 unspecified atom stereocenters. The second-order valence-electron chi connectivity index (χ2n) is 4.04. The van der Waals surface area contributed by atoms with Crippen molar-refractivity contribution in [2.45, 2.75) is 12.1 Å². The maximum Gasteiger partial charge on any atom is 0.251 e. The number of benzene rings is 1. The molecule has 1 amide bonds. The summed E-state index contributed by atoms with van der Waals surface area (Å²) in [6, 6.07) is 8.96. The molecule has 0 aliphatic heterocycles. The van der Waals surface area contributed by atoms with Crippen LogP contribution in [-0.2, 0) is 4.79 Å². The van der Waals surface area contributed by atoms with Gasteiger partial charge in [-0.2, -0.15) is 0 Å². The molecule has 0 atom stereocenters. The van der Waals surface area contributed by atoms with Gasteiger partial charge in [0.25, 0.3) is 5.56 Å². The average Bonchev–Trinajstić information content (AvgIpc) is 2.35. The molecule has 0 saturated carbocycles. The molecule has 0 bridgehead atoms. The van der Waals surface area contributed by atoms with Gasteiger partial charge < -0.3 is 10.3 Å². The number of carbonyl (C=O) groups excluding carboxylic acids is 1. The van der Waals surface area contributed by atoms with Crippen LogP contribution in [0.15, 0.2) is 40.3 Å². The van der Waals surface area contributed by atoms with E-state index in [1.165, 1.54) is 17.8 Å². The minimum absolute atomic E-state index is 0.138. The molecule has 2 N–H and O–H groups in total. The molecule has 1 aromatic heterocycles. The first-order valence-corrected chi connectivity index (χ1v) is 7.85. The van der Waals surface area contributed by atoms with Crippen molar-refractivity contribution >= 4 is 45.9 Å². The number of nitrogens with zero attached hydrogens (tertiary/aromatic N) is 1. The Bertz CT molecular complexity index is 687. The molecule has 104 valence electrons. The second kappa shape index (κ2) is 6.89. The molecule has 0 fully saturated rings. The summed E-state index contributed by atoms with van der Waals surface area (Å²) in [5, 5.41) is 3.25. The van der Waals surface area contributed by atoms with E-state index in [0.29, 0.717) is 10.9 Å². The fraction of sp³-hybridized carbons (Fsp3) is 0.154. The lowest BCUT2D eigenvalue weighted by molar-refractivity contribution is -0.113. The molecular weight excluding hydrogens is 389 g/mol. The van der Waals surface area contributed by atoms with Crippen LogP contribution >= 0.6 is 34.4 Å². The van der Waals surface area contributed by atoms with Gasteiger partial charge in [0.1, 0.15) is 0 Å². The topological polar surface area (TPSA) is 74.8 Å². The number of hydrogen-bond donors (Lipinski definition) is 2. The van der Waals surface area contributed by atoms with Gasteiger partial charge in [-0.15, -0.1) is 0 Å². The van der Waals surface area contributed by atoms with Crippen molar-refractivity contribution < 1.29 is 4.79 Å². The molecule has 5 nitrogen and oxygen atoms in total. The van der Waals surface area contributed by atoms with E-state index < -0.39 is 0 Å². The number of H-pyrrole nitrogens is 1. The number of aromatic nitrogens is 2. The third-order valence-corrected chi connectivity index (χ3v) is 3.84. The van der Waals surface area contributed by atoms with Crippen molar-refractivity contribution in [2.24, 2.45) is 0 Å². The summed E-state index contributed by atoms with van der Waals surface area (Å²) in [6.07, 6.45) is 0. The number of rotatable bonds is 4. The van der Waals surface area contributed by atoms with Gasteiger partial charge in [-0.25, -0.2) is 4.98 Å². The van der Waals surface area contributed by atoms with Crippen molar-refractivity contribution in [1.82, 2.24) is 9.97 Å². The summed E-state index contributed by atoms with van der Waals surface area (Å²) >= 11 is 3.38. The van der Waals surface area contributed by atoms with E-state index in [1.54, 1.807) is 6.92 Å². The van der Waals surface area contributed by atoms with Crippen molar-refractivity contribution in [3.63, 3.8) is 0 Å². The summed E-state index contributed by atoms with van der Waals surface area (Å²) in [4.78, 5) is 29.8. The molecule has 0 radical (unpaired) electrons. The molecule has 0 aliphatic carbocycles. The van der Waals surface area contributed by atoms with E-state index >= 15 is 0 Å². The zero-order valence-corrected chi connectivity index (χ0v) is 13.6. The molecule has 0 aliphatic rings. The van der Waals surface area contributed by atoms with Crippen molar-refractivity contribution in [3.8, 4) is 0 Å². The number of hydrogen-bond acceptors (Lipinski definition) is 4. The fourth-order valence-corrected chi connectivity index (χ4v) is 2.78. The van der Waals surface area contributed by atoms with E-state index in [1.807, 2.05) is 24.3 Å². The van der Waals surface area contributed by atoms with Crippen LogP contribution in [0, 0.1) is 10.5 Å². The van der Waals surface area contributed by atoms with Gasteiger partial charge in [0.2, 0.25) is 5.91 Å². The Morgan fingerprint density at radius 1 is 1.45 bits per heavy atom. The Kier molecular flexibility index (Phi) is 5.18. The van der Waals surface area contributed by atoms with Gasteiger partial charge in [-0.1, -0.05) is 17.8 Å². The number of aryl methyl sites for hydroxylation is 1. The first-order valence-electron chi connectivity index (χ1n) is 5.79. The SMILES string of the molecule is Cc1cc(=O)[nH]c(SCC(=O)Nc2cccc(I)c2)n1. The molecule has 1 aromatic carbocycles. The summed E-state index contributed by atoms with van der Waals surface area (Å²) in [5.41, 5.74) is 1.18. The maximum atomic E-state index is 11.8. The Labute approximate surface area is 133 Å². The summed E-state index contributed by atoms with van der Waals surface area (Å²) < 4.78 is 1.05. The maximum absolute atomic E-state index is 11.8. The molecule has 1 heterocycles. The lowest BCUT2D eigenvalue weighted by Crippen LogP contribution is -2.15. The van der Waals surface area contributed by atoms with Gasteiger partial charge in [0.05, 0.1) is 5.75 Å².